The van der Waals surface area contributed by atoms with Crippen molar-refractivity contribution in [2.75, 3.05) is 13.2 Å². The fourth-order valence-electron chi connectivity index (χ4n) is 1.57. The van der Waals surface area contributed by atoms with E-state index in [1.165, 1.54) is 12.1 Å². The fraction of sp³-hybridized carbons (Fsp3) is 0.455. The topological polar surface area (TPSA) is 46.2 Å². The monoisotopic (exact) mass is 215 g/mol. The first-order chi connectivity index (χ1) is 7.03. The number of aliphatic hydroxyl groups is 1. The van der Waals surface area contributed by atoms with Gasteiger partial charge in [0, 0.05) is 24.6 Å². The lowest BCUT2D eigenvalue weighted by Crippen LogP contribution is -2.33. The Bertz CT molecular complexity index is 343. The van der Waals surface area contributed by atoms with Gasteiger partial charge in [-0.25, -0.2) is 8.78 Å². The third kappa shape index (κ3) is 2.52. The standard InChI is InChI=1S/C11H15F2NO/c1-11(7-14,4-5-15)9-3-2-8(12)6-10(9)13/h2-3,6,15H,4-5,7,14H2,1H3. The van der Waals surface area contributed by atoms with Gasteiger partial charge < -0.3 is 10.8 Å². The number of rotatable bonds is 4. The van der Waals surface area contributed by atoms with E-state index in [2.05, 4.69) is 0 Å². The van der Waals surface area contributed by atoms with Crippen molar-refractivity contribution in [3.8, 4) is 0 Å². The van der Waals surface area contributed by atoms with E-state index < -0.39 is 17.0 Å². The Morgan fingerprint density at radius 3 is 2.53 bits per heavy atom. The van der Waals surface area contributed by atoms with Gasteiger partial charge in [0.1, 0.15) is 11.6 Å². The molecule has 1 aromatic carbocycles. The van der Waals surface area contributed by atoms with Crippen LogP contribution in [0.1, 0.15) is 18.9 Å². The fourth-order valence-corrected chi connectivity index (χ4v) is 1.57. The van der Waals surface area contributed by atoms with Crippen molar-refractivity contribution in [1.82, 2.24) is 0 Å². The van der Waals surface area contributed by atoms with Crippen molar-refractivity contribution in [3.05, 3.63) is 35.4 Å². The Labute approximate surface area is 87.7 Å². The highest BCUT2D eigenvalue weighted by atomic mass is 19.1. The molecule has 0 bridgehead atoms. The Kier molecular flexibility index (Phi) is 3.77. The second-order valence-electron chi connectivity index (χ2n) is 3.86. The molecule has 2 nitrogen and oxygen atoms in total. The summed E-state index contributed by atoms with van der Waals surface area (Å²) in [5, 5.41) is 8.89. The summed E-state index contributed by atoms with van der Waals surface area (Å²) in [5.74, 6) is -1.23. The zero-order valence-corrected chi connectivity index (χ0v) is 8.63. The summed E-state index contributed by atoms with van der Waals surface area (Å²) in [5.41, 5.74) is 5.26. The summed E-state index contributed by atoms with van der Waals surface area (Å²) in [7, 11) is 0. The minimum Gasteiger partial charge on any atom is -0.396 e. The zero-order chi connectivity index (χ0) is 11.5. The van der Waals surface area contributed by atoms with Crippen molar-refractivity contribution in [2.45, 2.75) is 18.8 Å². The highest BCUT2D eigenvalue weighted by Gasteiger charge is 2.27. The van der Waals surface area contributed by atoms with Crippen molar-refractivity contribution in [1.29, 1.82) is 0 Å². The van der Waals surface area contributed by atoms with Crippen LogP contribution < -0.4 is 5.73 Å². The first-order valence-corrected chi connectivity index (χ1v) is 4.80. The molecule has 1 rings (SSSR count). The second kappa shape index (κ2) is 4.68. The number of benzene rings is 1. The molecule has 84 valence electrons. The van der Waals surface area contributed by atoms with Gasteiger partial charge in [-0.3, -0.25) is 0 Å². The van der Waals surface area contributed by atoms with Crippen LogP contribution in [0.4, 0.5) is 8.78 Å². The molecule has 0 aliphatic rings. The van der Waals surface area contributed by atoms with Crippen molar-refractivity contribution in [3.63, 3.8) is 0 Å². The van der Waals surface area contributed by atoms with Crippen molar-refractivity contribution >= 4 is 0 Å². The maximum atomic E-state index is 13.5. The van der Waals surface area contributed by atoms with Gasteiger partial charge in [-0.05, 0) is 18.1 Å². The van der Waals surface area contributed by atoms with Crippen LogP contribution in [0, 0.1) is 11.6 Å². The van der Waals surface area contributed by atoms with Crippen LogP contribution in [-0.4, -0.2) is 18.3 Å². The molecule has 4 heteroatoms. The van der Waals surface area contributed by atoms with Crippen LogP contribution in [0.25, 0.3) is 0 Å². The third-order valence-corrected chi connectivity index (χ3v) is 2.70. The van der Waals surface area contributed by atoms with Gasteiger partial charge in [0.05, 0.1) is 0 Å². The first-order valence-electron chi connectivity index (χ1n) is 4.80. The maximum Gasteiger partial charge on any atom is 0.129 e. The van der Waals surface area contributed by atoms with E-state index in [1.807, 2.05) is 0 Å². The molecule has 1 unspecified atom stereocenters. The molecule has 0 spiro atoms. The molecule has 15 heavy (non-hydrogen) atoms. The van der Waals surface area contributed by atoms with Crippen LogP contribution in [0.2, 0.25) is 0 Å². The quantitative estimate of drug-likeness (QED) is 0.800. The van der Waals surface area contributed by atoms with Crippen LogP contribution in [0.15, 0.2) is 18.2 Å². The van der Waals surface area contributed by atoms with E-state index in [1.54, 1.807) is 6.92 Å². The van der Waals surface area contributed by atoms with E-state index in [9.17, 15) is 8.78 Å². The molecule has 0 aromatic heterocycles. The minimum absolute atomic E-state index is 0.0789. The Hall–Kier alpha value is -1.00. The summed E-state index contributed by atoms with van der Waals surface area (Å²) < 4.78 is 26.2. The molecule has 1 aromatic rings. The summed E-state index contributed by atoms with van der Waals surface area (Å²) >= 11 is 0. The molecule has 0 saturated heterocycles. The molecule has 1 atom stereocenters. The van der Waals surface area contributed by atoms with Gasteiger partial charge in [0.2, 0.25) is 0 Å². The summed E-state index contributed by atoms with van der Waals surface area (Å²) in [6, 6.07) is 3.41. The SMILES string of the molecule is CC(CN)(CCO)c1ccc(F)cc1F. The molecule has 0 saturated carbocycles. The summed E-state index contributed by atoms with van der Waals surface area (Å²) in [4.78, 5) is 0. The van der Waals surface area contributed by atoms with E-state index in [-0.39, 0.29) is 13.2 Å². The van der Waals surface area contributed by atoms with Crippen LogP contribution in [0.3, 0.4) is 0 Å². The highest BCUT2D eigenvalue weighted by molar-refractivity contribution is 5.27. The van der Waals surface area contributed by atoms with E-state index in [0.29, 0.717) is 12.0 Å². The predicted molar refractivity (Wildman–Crippen MR) is 54.5 cm³/mol. The molecular formula is C11H15F2NO. The van der Waals surface area contributed by atoms with Crippen molar-refractivity contribution < 1.29 is 13.9 Å². The van der Waals surface area contributed by atoms with Crippen LogP contribution >= 0.6 is 0 Å². The third-order valence-electron chi connectivity index (χ3n) is 2.70. The predicted octanol–water partition coefficient (Wildman–Crippen LogP) is 1.56. The Morgan fingerprint density at radius 1 is 1.40 bits per heavy atom. The van der Waals surface area contributed by atoms with Gasteiger partial charge in [-0.2, -0.15) is 0 Å². The average Bonchev–Trinajstić information content (AvgIpc) is 2.17. The first kappa shape index (κ1) is 12.1. The van der Waals surface area contributed by atoms with Gasteiger partial charge in [-0.1, -0.05) is 13.0 Å². The van der Waals surface area contributed by atoms with Crippen molar-refractivity contribution in [2.24, 2.45) is 5.73 Å². The van der Waals surface area contributed by atoms with E-state index in [0.717, 1.165) is 6.07 Å². The number of hydrogen-bond donors (Lipinski definition) is 2. The summed E-state index contributed by atoms with van der Waals surface area (Å²) in [6.07, 6.45) is 0.353. The normalized spacial score (nSPS) is 15.0. The number of aliphatic hydroxyl groups excluding tert-OH is 1. The van der Waals surface area contributed by atoms with Gasteiger partial charge >= 0.3 is 0 Å². The average molecular weight is 215 g/mol. The number of halogens is 2. The minimum atomic E-state index is -0.646. The second-order valence-corrected chi connectivity index (χ2v) is 3.86. The maximum absolute atomic E-state index is 13.5. The van der Waals surface area contributed by atoms with Crippen LogP contribution in [0.5, 0.6) is 0 Å². The lowest BCUT2D eigenvalue weighted by atomic mass is 9.79. The molecular weight excluding hydrogens is 200 g/mol. The molecule has 0 heterocycles. The number of nitrogens with two attached hydrogens (primary N) is 1. The van der Waals surface area contributed by atoms with Gasteiger partial charge in [0.25, 0.3) is 0 Å². The molecule has 0 aliphatic carbocycles. The van der Waals surface area contributed by atoms with Gasteiger partial charge in [-0.15, -0.1) is 0 Å². The smallest absolute Gasteiger partial charge is 0.129 e. The molecule has 0 radical (unpaired) electrons. The van der Waals surface area contributed by atoms with E-state index in [4.69, 9.17) is 10.8 Å². The molecule has 0 amide bonds. The van der Waals surface area contributed by atoms with E-state index >= 15 is 0 Å². The molecule has 3 N–H and O–H groups in total. The lowest BCUT2D eigenvalue weighted by Gasteiger charge is -2.28. The Balaban J connectivity index is 3.12. The number of hydrogen-bond acceptors (Lipinski definition) is 2. The summed E-state index contributed by atoms with van der Waals surface area (Å²) in [6.45, 7) is 1.88. The highest BCUT2D eigenvalue weighted by Crippen LogP contribution is 2.28. The lowest BCUT2D eigenvalue weighted by molar-refractivity contribution is 0.244. The largest absolute Gasteiger partial charge is 0.396 e. The van der Waals surface area contributed by atoms with Gasteiger partial charge in [0.15, 0.2) is 0 Å². The zero-order valence-electron chi connectivity index (χ0n) is 8.63. The van der Waals surface area contributed by atoms with Crippen LogP contribution in [-0.2, 0) is 5.41 Å². The molecule has 0 aliphatic heterocycles. The Morgan fingerprint density at radius 2 is 2.07 bits per heavy atom. The molecule has 0 fully saturated rings.